The van der Waals surface area contributed by atoms with Gasteiger partial charge in [-0.25, -0.2) is 0 Å². The normalized spacial score (nSPS) is 18.4. The van der Waals surface area contributed by atoms with Crippen LogP contribution in [-0.2, 0) is 5.41 Å². The maximum absolute atomic E-state index is 9.83. The first kappa shape index (κ1) is 13.2. The summed E-state index contributed by atoms with van der Waals surface area (Å²) in [6.45, 7) is 2.00. The van der Waals surface area contributed by atoms with Gasteiger partial charge in [-0.3, -0.25) is 0 Å². The standard InChI is InChI=1S/C14H21NO3/c1-17-11-3-4-12(13(9-11)18-2)14(10-16)5-7-15-8-6-14/h3-4,9,15-16H,5-8,10H2,1-2H3. The van der Waals surface area contributed by atoms with Gasteiger partial charge in [0.15, 0.2) is 0 Å². The minimum absolute atomic E-state index is 0.150. The maximum Gasteiger partial charge on any atom is 0.126 e. The van der Waals surface area contributed by atoms with E-state index >= 15 is 0 Å². The van der Waals surface area contributed by atoms with Gasteiger partial charge in [0.05, 0.1) is 20.8 Å². The fourth-order valence-electron chi connectivity index (χ4n) is 2.65. The van der Waals surface area contributed by atoms with E-state index in [1.165, 1.54) is 0 Å². The molecular formula is C14H21NO3. The molecule has 1 aromatic carbocycles. The zero-order chi connectivity index (χ0) is 13.0. The summed E-state index contributed by atoms with van der Waals surface area (Å²) < 4.78 is 10.7. The average Bonchev–Trinajstić information content (AvgIpc) is 2.47. The molecule has 4 heteroatoms. The first-order chi connectivity index (χ1) is 8.75. The zero-order valence-corrected chi connectivity index (χ0v) is 11.0. The molecule has 2 N–H and O–H groups in total. The lowest BCUT2D eigenvalue weighted by Gasteiger charge is -2.37. The molecule has 1 saturated heterocycles. The Kier molecular flexibility index (Phi) is 4.09. The van der Waals surface area contributed by atoms with Gasteiger partial charge in [0.25, 0.3) is 0 Å². The van der Waals surface area contributed by atoms with Crippen molar-refractivity contribution in [1.82, 2.24) is 5.32 Å². The van der Waals surface area contributed by atoms with Crippen LogP contribution in [0.25, 0.3) is 0 Å². The third-order valence-electron chi connectivity index (χ3n) is 3.84. The highest BCUT2D eigenvalue weighted by Gasteiger charge is 2.35. The smallest absolute Gasteiger partial charge is 0.126 e. The molecule has 18 heavy (non-hydrogen) atoms. The van der Waals surface area contributed by atoms with E-state index in [-0.39, 0.29) is 12.0 Å². The van der Waals surface area contributed by atoms with Gasteiger partial charge in [-0.1, -0.05) is 6.07 Å². The third-order valence-corrected chi connectivity index (χ3v) is 3.84. The van der Waals surface area contributed by atoms with Gasteiger partial charge in [-0.05, 0) is 32.0 Å². The molecule has 1 heterocycles. The maximum atomic E-state index is 9.83. The molecular weight excluding hydrogens is 230 g/mol. The summed E-state index contributed by atoms with van der Waals surface area (Å²) >= 11 is 0. The van der Waals surface area contributed by atoms with Crippen LogP contribution in [0.3, 0.4) is 0 Å². The molecule has 0 spiro atoms. The second-order valence-corrected chi connectivity index (χ2v) is 4.75. The van der Waals surface area contributed by atoms with Crippen molar-refractivity contribution in [3.63, 3.8) is 0 Å². The molecule has 0 amide bonds. The molecule has 1 aliphatic heterocycles. The number of ether oxygens (including phenoxy) is 2. The van der Waals surface area contributed by atoms with Crippen LogP contribution in [0.1, 0.15) is 18.4 Å². The number of aliphatic hydroxyl groups is 1. The molecule has 2 rings (SSSR count). The van der Waals surface area contributed by atoms with E-state index in [9.17, 15) is 5.11 Å². The van der Waals surface area contributed by atoms with Crippen LogP contribution in [0.15, 0.2) is 18.2 Å². The van der Waals surface area contributed by atoms with Crippen molar-refractivity contribution in [2.45, 2.75) is 18.3 Å². The summed E-state index contributed by atoms with van der Waals surface area (Å²) in [7, 11) is 3.30. The topological polar surface area (TPSA) is 50.7 Å². The number of hydrogen-bond acceptors (Lipinski definition) is 4. The lowest BCUT2D eigenvalue weighted by molar-refractivity contribution is 0.155. The van der Waals surface area contributed by atoms with Crippen molar-refractivity contribution < 1.29 is 14.6 Å². The van der Waals surface area contributed by atoms with Gasteiger partial charge in [-0.2, -0.15) is 0 Å². The zero-order valence-electron chi connectivity index (χ0n) is 11.0. The van der Waals surface area contributed by atoms with Crippen LogP contribution < -0.4 is 14.8 Å². The van der Waals surface area contributed by atoms with E-state index in [1.807, 2.05) is 18.2 Å². The molecule has 0 bridgehead atoms. The van der Waals surface area contributed by atoms with Crippen LogP contribution >= 0.6 is 0 Å². The van der Waals surface area contributed by atoms with E-state index in [1.54, 1.807) is 14.2 Å². The molecule has 0 radical (unpaired) electrons. The van der Waals surface area contributed by atoms with Crippen molar-refractivity contribution >= 4 is 0 Å². The van der Waals surface area contributed by atoms with E-state index in [0.29, 0.717) is 0 Å². The van der Waals surface area contributed by atoms with Gasteiger partial charge < -0.3 is 19.9 Å². The van der Waals surface area contributed by atoms with Crippen LogP contribution in [0.4, 0.5) is 0 Å². The van der Waals surface area contributed by atoms with E-state index in [2.05, 4.69) is 5.32 Å². The highest BCUT2D eigenvalue weighted by Crippen LogP contribution is 2.40. The lowest BCUT2D eigenvalue weighted by atomic mass is 9.73. The molecule has 0 unspecified atom stereocenters. The second-order valence-electron chi connectivity index (χ2n) is 4.75. The Morgan fingerprint density at radius 2 is 1.94 bits per heavy atom. The first-order valence-corrected chi connectivity index (χ1v) is 6.30. The Bertz CT molecular complexity index is 400. The summed E-state index contributed by atoms with van der Waals surface area (Å²) in [5.74, 6) is 1.57. The lowest BCUT2D eigenvalue weighted by Crippen LogP contribution is -2.42. The summed E-state index contributed by atoms with van der Waals surface area (Å²) in [5.41, 5.74) is 0.887. The predicted molar refractivity (Wildman–Crippen MR) is 70.4 cm³/mol. The number of hydrogen-bond donors (Lipinski definition) is 2. The highest BCUT2D eigenvalue weighted by molar-refractivity contribution is 5.45. The SMILES string of the molecule is COc1ccc(C2(CO)CCNCC2)c(OC)c1. The fraction of sp³-hybridized carbons (Fsp3) is 0.571. The Morgan fingerprint density at radius 1 is 1.22 bits per heavy atom. The predicted octanol–water partition coefficient (Wildman–Crippen LogP) is 1.32. The molecule has 0 atom stereocenters. The minimum atomic E-state index is -0.192. The third kappa shape index (κ3) is 2.31. The van der Waals surface area contributed by atoms with Crippen LogP contribution in [0, 0.1) is 0 Å². The van der Waals surface area contributed by atoms with E-state index in [0.717, 1.165) is 43.0 Å². The molecule has 1 aromatic rings. The van der Waals surface area contributed by atoms with E-state index in [4.69, 9.17) is 9.47 Å². The summed E-state index contributed by atoms with van der Waals surface area (Å²) in [5, 5.41) is 13.2. The van der Waals surface area contributed by atoms with Gasteiger partial charge >= 0.3 is 0 Å². The van der Waals surface area contributed by atoms with Gasteiger partial charge in [0.2, 0.25) is 0 Å². The van der Waals surface area contributed by atoms with Gasteiger partial charge in [0, 0.05) is 17.0 Å². The van der Waals surface area contributed by atoms with Crippen molar-refractivity contribution in [2.75, 3.05) is 33.9 Å². The number of aliphatic hydroxyl groups excluding tert-OH is 1. The monoisotopic (exact) mass is 251 g/mol. The van der Waals surface area contributed by atoms with E-state index < -0.39 is 0 Å². The molecule has 0 saturated carbocycles. The quantitative estimate of drug-likeness (QED) is 0.847. The van der Waals surface area contributed by atoms with Crippen molar-refractivity contribution in [2.24, 2.45) is 0 Å². The Hall–Kier alpha value is -1.26. The summed E-state index contributed by atoms with van der Waals surface area (Å²) in [4.78, 5) is 0. The minimum Gasteiger partial charge on any atom is -0.497 e. The number of piperidine rings is 1. The first-order valence-electron chi connectivity index (χ1n) is 6.30. The molecule has 100 valence electrons. The average molecular weight is 251 g/mol. The number of nitrogens with one attached hydrogen (secondary N) is 1. The summed E-state index contributed by atoms with van der Waals surface area (Å²) in [6, 6.07) is 5.82. The van der Waals surface area contributed by atoms with Crippen LogP contribution in [0.2, 0.25) is 0 Å². The van der Waals surface area contributed by atoms with Gasteiger partial charge in [0.1, 0.15) is 11.5 Å². The van der Waals surface area contributed by atoms with Gasteiger partial charge in [-0.15, -0.1) is 0 Å². The number of rotatable bonds is 4. The molecule has 1 fully saturated rings. The van der Waals surface area contributed by atoms with Crippen LogP contribution in [-0.4, -0.2) is 39.0 Å². The molecule has 0 aliphatic carbocycles. The Balaban J connectivity index is 2.40. The molecule has 4 nitrogen and oxygen atoms in total. The number of benzene rings is 1. The number of methoxy groups -OCH3 is 2. The van der Waals surface area contributed by atoms with Crippen molar-refractivity contribution in [3.05, 3.63) is 23.8 Å². The largest absolute Gasteiger partial charge is 0.497 e. The van der Waals surface area contributed by atoms with Crippen molar-refractivity contribution in [3.8, 4) is 11.5 Å². The molecule has 0 aromatic heterocycles. The highest BCUT2D eigenvalue weighted by atomic mass is 16.5. The van der Waals surface area contributed by atoms with Crippen molar-refractivity contribution in [1.29, 1.82) is 0 Å². The molecule has 1 aliphatic rings. The van der Waals surface area contributed by atoms with Crippen LogP contribution in [0.5, 0.6) is 11.5 Å². The Labute approximate surface area is 108 Å². The second kappa shape index (κ2) is 5.59. The Morgan fingerprint density at radius 3 is 2.50 bits per heavy atom. The fourth-order valence-corrected chi connectivity index (χ4v) is 2.65. The summed E-state index contributed by atoms with van der Waals surface area (Å²) in [6.07, 6.45) is 1.85.